The summed E-state index contributed by atoms with van der Waals surface area (Å²) in [6.07, 6.45) is 4.27. The first kappa shape index (κ1) is 16.9. The van der Waals surface area contributed by atoms with E-state index >= 15 is 0 Å². The van der Waals surface area contributed by atoms with Crippen LogP contribution in [0.2, 0.25) is 5.02 Å². The van der Waals surface area contributed by atoms with E-state index in [0.29, 0.717) is 23.6 Å². The van der Waals surface area contributed by atoms with Gasteiger partial charge in [0.25, 0.3) is 5.91 Å². The van der Waals surface area contributed by atoms with Gasteiger partial charge in [0, 0.05) is 17.8 Å². The van der Waals surface area contributed by atoms with Crippen LogP contribution in [0.5, 0.6) is 0 Å². The summed E-state index contributed by atoms with van der Waals surface area (Å²) in [5.41, 5.74) is 2.16. The van der Waals surface area contributed by atoms with Crippen molar-refractivity contribution in [1.29, 1.82) is 0 Å². The van der Waals surface area contributed by atoms with Crippen LogP contribution in [-0.4, -0.2) is 27.1 Å². The van der Waals surface area contributed by atoms with E-state index in [0.717, 1.165) is 16.5 Å². The third-order valence-corrected chi connectivity index (χ3v) is 5.06. The Balaban J connectivity index is 1.63. The lowest BCUT2D eigenvalue weighted by Gasteiger charge is -2.38. The molecule has 1 aromatic carbocycles. The van der Waals surface area contributed by atoms with Crippen LogP contribution in [0.1, 0.15) is 34.9 Å². The van der Waals surface area contributed by atoms with Gasteiger partial charge in [-0.2, -0.15) is 0 Å². The van der Waals surface area contributed by atoms with Gasteiger partial charge < -0.3 is 10.4 Å². The average molecular weight is 368 g/mol. The van der Waals surface area contributed by atoms with Crippen molar-refractivity contribution in [3.8, 4) is 0 Å². The van der Waals surface area contributed by atoms with E-state index in [-0.39, 0.29) is 24.0 Å². The van der Waals surface area contributed by atoms with Crippen molar-refractivity contribution in [3.05, 3.63) is 71.1 Å². The number of nitrogens with zero attached hydrogens (tertiary/aromatic N) is 2. The van der Waals surface area contributed by atoms with Crippen molar-refractivity contribution in [2.45, 2.75) is 25.0 Å². The first-order chi connectivity index (χ1) is 12.6. The maximum Gasteiger partial charge on any atom is 0.270 e. The summed E-state index contributed by atoms with van der Waals surface area (Å²) in [5, 5.41) is 14.3. The number of benzene rings is 1. The Morgan fingerprint density at radius 1 is 1.15 bits per heavy atom. The molecule has 1 amide bonds. The van der Waals surface area contributed by atoms with E-state index in [1.54, 1.807) is 18.3 Å². The number of hydrogen-bond acceptors (Lipinski definition) is 4. The second kappa shape index (κ2) is 7.02. The highest BCUT2D eigenvalue weighted by atomic mass is 35.5. The summed E-state index contributed by atoms with van der Waals surface area (Å²) in [6.45, 7) is 0. The molecule has 4 rings (SSSR count). The van der Waals surface area contributed by atoms with Gasteiger partial charge in [-0.1, -0.05) is 29.8 Å². The Labute approximate surface area is 156 Å². The molecule has 0 saturated heterocycles. The fraction of sp³-hybridized carbons (Fsp3) is 0.250. The molecule has 6 heteroatoms. The molecule has 132 valence electrons. The molecule has 1 aliphatic rings. The SMILES string of the molecule is O=C(N[C@@H](c1cnc2ccccc2c1)C1CC(O)C1)c1ccc(Cl)cn1. The maximum atomic E-state index is 12.6. The number of halogens is 1. The zero-order valence-corrected chi connectivity index (χ0v) is 14.7. The van der Waals surface area contributed by atoms with Crippen LogP contribution in [0.3, 0.4) is 0 Å². The van der Waals surface area contributed by atoms with Crippen LogP contribution in [0.15, 0.2) is 54.9 Å². The lowest BCUT2D eigenvalue weighted by molar-refractivity contribution is 0.0234. The number of aromatic nitrogens is 2. The monoisotopic (exact) mass is 367 g/mol. The first-order valence-corrected chi connectivity index (χ1v) is 8.93. The van der Waals surface area contributed by atoms with Gasteiger partial charge in [0.1, 0.15) is 5.69 Å². The van der Waals surface area contributed by atoms with E-state index < -0.39 is 0 Å². The molecule has 1 saturated carbocycles. The molecule has 5 nitrogen and oxygen atoms in total. The molecule has 1 atom stereocenters. The number of carbonyl (C=O) groups is 1. The lowest BCUT2D eigenvalue weighted by Crippen LogP contribution is -2.41. The number of aliphatic hydroxyl groups is 1. The first-order valence-electron chi connectivity index (χ1n) is 8.55. The van der Waals surface area contributed by atoms with Gasteiger partial charge in [-0.3, -0.25) is 9.78 Å². The summed E-state index contributed by atoms with van der Waals surface area (Å²) >= 11 is 5.84. The minimum Gasteiger partial charge on any atom is -0.393 e. The van der Waals surface area contributed by atoms with Gasteiger partial charge in [-0.25, -0.2) is 4.98 Å². The second-order valence-corrected chi connectivity index (χ2v) is 7.10. The number of aliphatic hydroxyl groups excluding tert-OH is 1. The molecule has 0 radical (unpaired) electrons. The Morgan fingerprint density at radius 2 is 1.96 bits per heavy atom. The minimum atomic E-state index is -0.304. The third-order valence-electron chi connectivity index (χ3n) is 4.84. The molecular weight excluding hydrogens is 350 g/mol. The van der Waals surface area contributed by atoms with Gasteiger partial charge in [-0.15, -0.1) is 0 Å². The summed E-state index contributed by atoms with van der Waals surface area (Å²) in [7, 11) is 0. The van der Waals surface area contributed by atoms with E-state index in [2.05, 4.69) is 15.3 Å². The highest BCUT2D eigenvalue weighted by Crippen LogP contribution is 2.38. The smallest absolute Gasteiger partial charge is 0.270 e. The molecular formula is C20H18ClN3O2. The van der Waals surface area contributed by atoms with Crippen molar-refractivity contribution < 1.29 is 9.90 Å². The number of nitrogens with one attached hydrogen (secondary N) is 1. The highest BCUT2D eigenvalue weighted by Gasteiger charge is 2.36. The second-order valence-electron chi connectivity index (χ2n) is 6.66. The van der Waals surface area contributed by atoms with E-state index in [9.17, 15) is 9.90 Å². The molecule has 2 heterocycles. The summed E-state index contributed by atoms with van der Waals surface area (Å²) in [4.78, 5) is 21.2. The molecule has 0 unspecified atom stereocenters. The van der Waals surface area contributed by atoms with Crippen molar-refractivity contribution >= 4 is 28.4 Å². The van der Waals surface area contributed by atoms with Crippen molar-refractivity contribution in [2.75, 3.05) is 0 Å². The zero-order chi connectivity index (χ0) is 18.1. The van der Waals surface area contributed by atoms with E-state index in [1.165, 1.54) is 6.20 Å². The number of pyridine rings is 2. The maximum absolute atomic E-state index is 12.6. The average Bonchev–Trinajstić information content (AvgIpc) is 2.64. The Bertz CT molecular complexity index is 939. The van der Waals surface area contributed by atoms with Gasteiger partial charge in [0.05, 0.1) is 22.7 Å². The fourth-order valence-corrected chi connectivity index (χ4v) is 3.47. The molecule has 2 aromatic heterocycles. The molecule has 3 aromatic rings. The van der Waals surface area contributed by atoms with Crippen LogP contribution >= 0.6 is 11.6 Å². The van der Waals surface area contributed by atoms with Crippen LogP contribution < -0.4 is 5.32 Å². The predicted octanol–water partition coefficient (Wildman–Crippen LogP) is 3.53. The molecule has 0 bridgehead atoms. The molecule has 1 aliphatic carbocycles. The van der Waals surface area contributed by atoms with E-state index in [4.69, 9.17) is 11.6 Å². The number of rotatable bonds is 4. The van der Waals surface area contributed by atoms with Crippen molar-refractivity contribution in [1.82, 2.24) is 15.3 Å². The molecule has 2 N–H and O–H groups in total. The summed E-state index contributed by atoms with van der Waals surface area (Å²) in [6, 6.07) is 12.9. The molecule has 0 spiro atoms. The largest absolute Gasteiger partial charge is 0.393 e. The van der Waals surface area contributed by atoms with Crippen LogP contribution in [0.25, 0.3) is 10.9 Å². The topological polar surface area (TPSA) is 75.1 Å². The lowest BCUT2D eigenvalue weighted by atomic mass is 9.75. The summed E-state index contributed by atoms with van der Waals surface area (Å²) in [5.74, 6) is -0.0922. The third kappa shape index (κ3) is 3.41. The standard InChI is InChI=1S/C20H18ClN3O2/c21-15-5-6-18(23-11-15)20(26)24-19(13-8-16(25)9-13)14-7-12-3-1-2-4-17(12)22-10-14/h1-7,10-11,13,16,19,25H,8-9H2,(H,24,26)/t13?,16?,19-/m1/s1. The number of para-hydroxylation sites is 1. The number of carbonyl (C=O) groups excluding carboxylic acids is 1. The number of hydrogen-bond donors (Lipinski definition) is 2. The van der Waals surface area contributed by atoms with E-state index in [1.807, 2.05) is 30.3 Å². The Hall–Kier alpha value is -2.50. The Morgan fingerprint density at radius 3 is 2.69 bits per heavy atom. The van der Waals surface area contributed by atoms with Gasteiger partial charge >= 0.3 is 0 Å². The molecule has 1 fully saturated rings. The summed E-state index contributed by atoms with van der Waals surface area (Å²) < 4.78 is 0. The normalized spacial score (nSPS) is 20.4. The van der Waals surface area contributed by atoms with Crippen molar-refractivity contribution in [3.63, 3.8) is 0 Å². The van der Waals surface area contributed by atoms with Crippen molar-refractivity contribution in [2.24, 2.45) is 5.92 Å². The Kier molecular flexibility index (Phi) is 4.57. The van der Waals surface area contributed by atoms with Crippen LogP contribution in [0, 0.1) is 5.92 Å². The fourth-order valence-electron chi connectivity index (χ4n) is 3.36. The van der Waals surface area contributed by atoms with Gasteiger partial charge in [0.15, 0.2) is 0 Å². The van der Waals surface area contributed by atoms with Gasteiger partial charge in [0.2, 0.25) is 0 Å². The quantitative estimate of drug-likeness (QED) is 0.739. The zero-order valence-electron chi connectivity index (χ0n) is 14.0. The number of fused-ring (bicyclic) bond motifs is 1. The van der Waals surface area contributed by atoms with Crippen LogP contribution in [0.4, 0.5) is 0 Å². The minimum absolute atomic E-state index is 0.171. The predicted molar refractivity (Wildman–Crippen MR) is 99.9 cm³/mol. The van der Waals surface area contributed by atoms with Crippen LogP contribution in [-0.2, 0) is 0 Å². The number of amides is 1. The highest BCUT2D eigenvalue weighted by molar-refractivity contribution is 6.30. The van der Waals surface area contributed by atoms with Gasteiger partial charge in [-0.05, 0) is 48.6 Å². The molecule has 0 aliphatic heterocycles. The molecule has 26 heavy (non-hydrogen) atoms.